The van der Waals surface area contributed by atoms with Gasteiger partial charge in [-0.1, -0.05) is 11.2 Å². The highest BCUT2D eigenvalue weighted by atomic mass is 16.5. The summed E-state index contributed by atoms with van der Waals surface area (Å²) >= 11 is 0. The molecule has 136 valence electrons. The molecule has 1 unspecified atom stereocenters. The lowest BCUT2D eigenvalue weighted by molar-refractivity contribution is -0.0820. The molecule has 1 saturated heterocycles. The Morgan fingerprint density at radius 3 is 2.64 bits per heavy atom. The molecular weight excluding hydrogens is 322 g/mol. The van der Waals surface area contributed by atoms with Crippen LogP contribution in [0.4, 0.5) is 0 Å². The number of methoxy groups -OCH3 is 2. The van der Waals surface area contributed by atoms with Crippen LogP contribution in [-0.4, -0.2) is 54.5 Å². The quantitative estimate of drug-likeness (QED) is 0.725. The average molecular weight is 347 g/mol. The molecule has 0 saturated carbocycles. The normalized spacial score (nSPS) is 16.5. The van der Waals surface area contributed by atoms with Gasteiger partial charge in [0.05, 0.1) is 20.3 Å². The second kappa shape index (κ2) is 7.84. The summed E-state index contributed by atoms with van der Waals surface area (Å²) < 4.78 is 21.5. The number of aryl methyl sites for hydroxylation is 1. The van der Waals surface area contributed by atoms with Crippen molar-refractivity contribution in [2.75, 3.05) is 27.3 Å². The van der Waals surface area contributed by atoms with Gasteiger partial charge in [0.1, 0.15) is 6.61 Å². The van der Waals surface area contributed by atoms with Crippen molar-refractivity contribution in [1.29, 1.82) is 0 Å². The summed E-state index contributed by atoms with van der Waals surface area (Å²) in [5, 5.41) is 3.76. The molecule has 0 aliphatic carbocycles. The van der Waals surface area contributed by atoms with E-state index in [2.05, 4.69) is 28.0 Å². The van der Waals surface area contributed by atoms with Gasteiger partial charge < -0.3 is 18.7 Å². The predicted molar refractivity (Wildman–Crippen MR) is 91.9 cm³/mol. The van der Waals surface area contributed by atoms with Crippen LogP contribution in [0.3, 0.4) is 0 Å². The van der Waals surface area contributed by atoms with Gasteiger partial charge in [0.15, 0.2) is 17.3 Å². The van der Waals surface area contributed by atoms with Gasteiger partial charge in [0, 0.05) is 19.1 Å². The van der Waals surface area contributed by atoms with Gasteiger partial charge in [-0.15, -0.1) is 0 Å². The van der Waals surface area contributed by atoms with E-state index in [1.807, 2.05) is 12.1 Å². The van der Waals surface area contributed by atoms with Crippen LogP contribution in [0.2, 0.25) is 0 Å². The summed E-state index contributed by atoms with van der Waals surface area (Å²) in [6, 6.07) is 6.52. The average Bonchev–Trinajstić information content (AvgIpc) is 2.98. The van der Waals surface area contributed by atoms with Crippen LogP contribution in [0.25, 0.3) is 0 Å². The number of likely N-dealkylation sites (tertiary alicyclic amines) is 1. The van der Waals surface area contributed by atoms with E-state index < -0.39 is 0 Å². The maximum Gasteiger partial charge on any atom is 0.252 e. The topological polar surface area (TPSA) is 69.9 Å². The van der Waals surface area contributed by atoms with E-state index in [-0.39, 0.29) is 6.10 Å². The Balaban J connectivity index is 1.45. The van der Waals surface area contributed by atoms with E-state index >= 15 is 0 Å². The van der Waals surface area contributed by atoms with E-state index in [4.69, 9.17) is 18.7 Å². The van der Waals surface area contributed by atoms with Crippen LogP contribution in [0.1, 0.15) is 24.2 Å². The third-order valence-corrected chi connectivity index (χ3v) is 4.49. The highest BCUT2D eigenvalue weighted by molar-refractivity contribution is 5.43. The molecule has 1 aliphatic heterocycles. The lowest BCUT2D eigenvalue weighted by Crippen LogP contribution is -2.56. The van der Waals surface area contributed by atoms with Gasteiger partial charge in [0.2, 0.25) is 0 Å². The first kappa shape index (κ1) is 17.7. The fourth-order valence-corrected chi connectivity index (χ4v) is 3.00. The highest BCUT2D eigenvalue weighted by Crippen LogP contribution is 2.29. The summed E-state index contributed by atoms with van der Waals surface area (Å²) in [6.45, 7) is 6.24. The van der Waals surface area contributed by atoms with Crippen molar-refractivity contribution < 1.29 is 18.7 Å². The van der Waals surface area contributed by atoms with Gasteiger partial charge in [-0.25, -0.2) is 0 Å². The smallest absolute Gasteiger partial charge is 0.252 e. The third-order valence-electron chi connectivity index (χ3n) is 4.49. The van der Waals surface area contributed by atoms with Crippen molar-refractivity contribution in [2.24, 2.45) is 0 Å². The van der Waals surface area contributed by atoms with E-state index in [9.17, 15) is 0 Å². The summed E-state index contributed by atoms with van der Waals surface area (Å²) in [7, 11) is 3.31. The number of hydrogen-bond donors (Lipinski definition) is 0. The van der Waals surface area contributed by atoms with Gasteiger partial charge in [-0.3, -0.25) is 4.90 Å². The molecular formula is C18H25N3O4. The molecule has 2 aromatic rings. The largest absolute Gasteiger partial charge is 0.493 e. The molecule has 0 bridgehead atoms. The number of ether oxygens (including phenoxy) is 3. The molecule has 1 aliphatic rings. The van der Waals surface area contributed by atoms with Crippen molar-refractivity contribution >= 4 is 0 Å². The van der Waals surface area contributed by atoms with E-state index in [1.165, 1.54) is 5.56 Å². The van der Waals surface area contributed by atoms with Gasteiger partial charge in [0.25, 0.3) is 5.89 Å². The van der Waals surface area contributed by atoms with Crippen LogP contribution in [0.5, 0.6) is 11.5 Å². The molecule has 25 heavy (non-hydrogen) atoms. The first-order valence-electron chi connectivity index (χ1n) is 8.44. The zero-order chi connectivity index (χ0) is 17.8. The Bertz CT molecular complexity index is 697. The Morgan fingerprint density at radius 1 is 1.24 bits per heavy atom. The van der Waals surface area contributed by atoms with E-state index in [0.717, 1.165) is 31.0 Å². The number of hydrogen-bond acceptors (Lipinski definition) is 7. The van der Waals surface area contributed by atoms with Gasteiger partial charge in [-0.05, 0) is 38.0 Å². The molecule has 7 heteroatoms. The Hall–Kier alpha value is -2.12. The van der Waals surface area contributed by atoms with Crippen LogP contribution >= 0.6 is 0 Å². The lowest BCUT2D eigenvalue weighted by atomic mass is 10.0. The van der Waals surface area contributed by atoms with Crippen LogP contribution in [0.15, 0.2) is 22.7 Å². The van der Waals surface area contributed by atoms with E-state index in [0.29, 0.717) is 24.4 Å². The molecule has 1 atom stereocenters. The lowest BCUT2D eigenvalue weighted by Gasteiger charge is -2.42. The minimum absolute atomic E-state index is 0.222. The van der Waals surface area contributed by atoms with Crippen molar-refractivity contribution in [2.45, 2.75) is 39.0 Å². The summed E-state index contributed by atoms with van der Waals surface area (Å²) in [5.41, 5.74) is 1.23. The van der Waals surface area contributed by atoms with Gasteiger partial charge >= 0.3 is 0 Å². The number of nitrogens with zero attached hydrogens (tertiary/aromatic N) is 3. The van der Waals surface area contributed by atoms with Crippen LogP contribution in [0, 0.1) is 6.92 Å². The molecule has 1 aromatic carbocycles. The van der Waals surface area contributed by atoms with E-state index in [1.54, 1.807) is 21.1 Å². The summed E-state index contributed by atoms with van der Waals surface area (Å²) in [6.07, 6.45) is 1.18. The van der Waals surface area contributed by atoms with Crippen molar-refractivity contribution in [3.8, 4) is 11.5 Å². The molecule has 0 N–H and O–H groups in total. The summed E-state index contributed by atoms with van der Waals surface area (Å²) in [5.74, 6) is 2.70. The van der Waals surface area contributed by atoms with Crippen LogP contribution < -0.4 is 9.47 Å². The SMILES string of the molecule is COc1ccc(CC(C)N2CC(OCc3nc(C)no3)C2)cc1OC. The Morgan fingerprint density at radius 2 is 2.00 bits per heavy atom. The zero-order valence-corrected chi connectivity index (χ0v) is 15.2. The first-order valence-corrected chi connectivity index (χ1v) is 8.44. The maximum atomic E-state index is 5.80. The first-order chi connectivity index (χ1) is 12.1. The van der Waals surface area contributed by atoms with Crippen LogP contribution in [-0.2, 0) is 17.8 Å². The predicted octanol–water partition coefficient (Wildman–Crippen LogP) is 2.23. The number of rotatable bonds is 8. The second-order valence-corrected chi connectivity index (χ2v) is 6.36. The van der Waals surface area contributed by atoms with Crippen molar-refractivity contribution in [3.63, 3.8) is 0 Å². The summed E-state index contributed by atoms with van der Waals surface area (Å²) in [4.78, 5) is 6.55. The Kier molecular flexibility index (Phi) is 5.55. The minimum Gasteiger partial charge on any atom is -0.493 e. The molecule has 0 spiro atoms. The highest BCUT2D eigenvalue weighted by Gasteiger charge is 2.31. The molecule has 7 nitrogen and oxygen atoms in total. The molecule has 1 fully saturated rings. The van der Waals surface area contributed by atoms with Crippen molar-refractivity contribution in [1.82, 2.24) is 15.0 Å². The third kappa shape index (κ3) is 4.29. The fraction of sp³-hybridized carbons (Fsp3) is 0.556. The Labute approximate surface area is 147 Å². The minimum atomic E-state index is 0.222. The number of aromatic nitrogens is 2. The molecule has 0 radical (unpaired) electrons. The van der Waals surface area contributed by atoms with Crippen molar-refractivity contribution in [3.05, 3.63) is 35.5 Å². The zero-order valence-electron chi connectivity index (χ0n) is 15.2. The number of benzene rings is 1. The maximum absolute atomic E-state index is 5.80. The molecule has 2 heterocycles. The fourth-order valence-electron chi connectivity index (χ4n) is 3.00. The molecule has 3 rings (SSSR count). The second-order valence-electron chi connectivity index (χ2n) is 6.36. The molecule has 0 amide bonds. The monoisotopic (exact) mass is 347 g/mol. The molecule has 1 aromatic heterocycles. The van der Waals surface area contributed by atoms with Gasteiger partial charge in [-0.2, -0.15) is 4.98 Å². The standard InChI is InChI=1S/C18H25N3O4/c1-12(7-14-5-6-16(22-3)17(8-14)23-4)21-9-15(10-21)24-11-18-19-13(2)20-25-18/h5-6,8,12,15H,7,9-11H2,1-4H3.